The van der Waals surface area contributed by atoms with Gasteiger partial charge < -0.3 is 10.4 Å². The van der Waals surface area contributed by atoms with Crippen LogP contribution in [0.1, 0.15) is 30.7 Å². The Morgan fingerprint density at radius 3 is 2.93 bits per heavy atom. The molecule has 1 aliphatic carbocycles. The lowest BCUT2D eigenvalue weighted by Crippen LogP contribution is -2.38. The second kappa shape index (κ2) is 5.24. The van der Waals surface area contributed by atoms with Gasteiger partial charge in [0.15, 0.2) is 0 Å². The fraction of sp³-hybridized carbons (Fsp3) is 0.583. The van der Waals surface area contributed by atoms with E-state index in [-0.39, 0.29) is 12.5 Å². The van der Waals surface area contributed by atoms with Gasteiger partial charge in [-0.2, -0.15) is 0 Å². The lowest BCUT2D eigenvalue weighted by atomic mass is 9.92. The summed E-state index contributed by atoms with van der Waals surface area (Å²) in [6.45, 7) is 1.04. The molecule has 2 rings (SSSR count). The quantitative estimate of drug-likeness (QED) is 0.763. The predicted molar refractivity (Wildman–Crippen MR) is 59.7 cm³/mol. The van der Waals surface area contributed by atoms with Crippen LogP contribution in [0.15, 0.2) is 24.5 Å². The van der Waals surface area contributed by atoms with Crippen molar-refractivity contribution < 1.29 is 5.11 Å². The number of aliphatic hydroxyl groups is 1. The second-order valence-electron chi connectivity index (χ2n) is 4.20. The maximum atomic E-state index is 9.32. The highest BCUT2D eigenvalue weighted by Crippen LogP contribution is 2.20. The fourth-order valence-corrected chi connectivity index (χ4v) is 1.83. The van der Waals surface area contributed by atoms with Gasteiger partial charge in [0.05, 0.1) is 6.61 Å². The zero-order chi connectivity index (χ0) is 10.5. The molecule has 3 nitrogen and oxygen atoms in total. The molecule has 1 aromatic rings. The van der Waals surface area contributed by atoms with Crippen molar-refractivity contribution in [3.05, 3.63) is 30.1 Å². The zero-order valence-electron chi connectivity index (χ0n) is 8.89. The lowest BCUT2D eigenvalue weighted by Gasteiger charge is -2.28. The Labute approximate surface area is 90.5 Å². The molecule has 0 saturated heterocycles. The monoisotopic (exact) mass is 206 g/mol. The SMILES string of the molecule is OCC(CNC1CCC1)c1cccnc1. The highest BCUT2D eigenvalue weighted by atomic mass is 16.3. The highest BCUT2D eigenvalue weighted by molar-refractivity contribution is 5.15. The molecule has 0 aromatic carbocycles. The summed E-state index contributed by atoms with van der Waals surface area (Å²) in [7, 11) is 0. The van der Waals surface area contributed by atoms with Gasteiger partial charge in [0, 0.05) is 30.9 Å². The minimum atomic E-state index is 0.180. The van der Waals surface area contributed by atoms with Crippen molar-refractivity contribution in [3.63, 3.8) is 0 Å². The first-order valence-corrected chi connectivity index (χ1v) is 5.64. The van der Waals surface area contributed by atoms with Gasteiger partial charge in [0.25, 0.3) is 0 Å². The van der Waals surface area contributed by atoms with E-state index >= 15 is 0 Å². The van der Waals surface area contributed by atoms with Gasteiger partial charge in [0.1, 0.15) is 0 Å². The minimum absolute atomic E-state index is 0.180. The van der Waals surface area contributed by atoms with Crippen LogP contribution in [0.3, 0.4) is 0 Å². The summed E-state index contributed by atoms with van der Waals surface area (Å²) < 4.78 is 0. The third-order valence-electron chi connectivity index (χ3n) is 3.13. The van der Waals surface area contributed by atoms with Gasteiger partial charge in [-0.1, -0.05) is 12.5 Å². The van der Waals surface area contributed by atoms with E-state index in [0.717, 1.165) is 12.1 Å². The summed E-state index contributed by atoms with van der Waals surface area (Å²) in [4.78, 5) is 4.08. The van der Waals surface area contributed by atoms with Crippen LogP contribution in [0, 0.1) is 0 Å². The Morgan fingerprint density at radius 2 is 2.40 bits per heavy atom. The number of rotatable bonds is 5. The summed E-state index contributed by atoms with van der Waals surface area (Å²) in [6.07, 6.45) is 7.51. The van der Waals surface area contributed by atoms with Crippen molar-refractivity contribution in [1.82, 2.24) is 10.3 Å². The molecule has 82 valence electrons. The number of hydrogen-bond donors (Lipinski definition) is 2. The third kappa shape index (κ3) is 2.76. The molecule has 1 heterocycles. The van der Waals surface area contributed by atoms with Crippen molar-refractivity contribution in [2.45, 2.75) is 31.2 Å². The van der Waals surface area contributed by atoms with E-state index in [4.69, 9.17) is 0 Å². The smallest absolute Gasteiger partial charge is 0.0512 e. The number of nitrogens with one attached hydrogen (secondary N) is 1. The summed E-state index contributed by atoms with van der Waals surface area (Å²) in [5.41, 5.74) is 1.12. The number of aromatic nitrogens is 1. The first-order chi connectivity index (χ1) is 7.40. The van der Waals surface area contributed by atoms with Gasteiger partial charge in [-0.15, -0.1) is 0 Å². The molecule has 0 bridgehead atoms. The number of nitrogens with zero attached hydrogens (tertiary/aromatic N) is 1. The second-order valence-corrected chi connectivity index (χ2v) is 4.20. The van der Waals surface area contributed by atoms with E-state index in [2.05, 4.69) is 10.3 Å². The zero-order valence-corrected chi connectivity index (χ0v) is 8.89. The average Bonchev–Trinajstić information content (AvgIpc) is 2.23. The molecule has 3 heteroatoms. The van der Waals surface area contributed by atoms with Crippen LogP contribution in [0.4, 0.5) is 0 Å². The Morgan fingerprint density at radius 1 is 1.53 bits per heavy atom. The first-order valence-electron chi connectivity index (χ1n) is 5.64. The Hall–Kier alpha value is -0.930. The number of pyridine rings is 1. The maximum Gasteiger partial charge on any atom is 0.0512 e. The van der Waals surface area contributed by atoms with E-state index in [1.54, 1.807) is 6.20 Å². The van der Waals surface area contributed by atoms with Crippen molar-refractivity contribution >= 4 is 0 Å². The largest absolute Gasteiger partial charge is 0.396 e. The average molecular weight is 206 g/mol. The predicted octanol–water partition coefficient (Wildman–Crippen LogP) is 1.30. The summed E-state index contributed by atoms with van der Waals surface area (Å²) >= 11 is 0. The maximum absolute atomic E-state index is 9.32. The van der Waals surface area contributed by atoms with Crippen molar-refractivity contribution in [2.75, 3.05) is 13.2 Å². The van der Waals surface area contributed by atoms with Crippen LogP contribution in [0.2, 0.25) is 0 Å². The van der Waals surface area contributed by atoms with Gasteiger partial charge in [-0.3, -0.25) is 4.98 Å². The molecule has 1 unspecified atom stereocenters. The Kier molecular flexibility index (Phi) is 3.69. The minimum Gasteiger partial charge on any atom is -0.396 e. The molecular formula is C12H18N2O. The van der Waals surface area contributed by atoms with Crippen LogP contribution in [-0.4, -0.2) is 29.3 Å². The standard InChI is InChI=1S/C12H18N2O/c15-9-11(8-14-12-4-1-5-12)10-3-2-6-13-7-10/h2-3,6-7,11-12,14-15H,1,4-5,8-9H2. The lowest BCUT2D eigenvalue weighted by molar-refractivity contribution is 0.247. The first kappa shape index (κ1) is 10.6. The molecular weight excluding hydrogens is 188 g/mol. The van der Waals surface area contributed by atoms with Gasteiger partial charge >= 0.3 is 0 Å². The van der Waals surface area contributed by atoms with E-state index in [9.17, 15) is 5.11 Å². The summed E-state index contributed by atoms with van der Waals surface area (Å²) in [5.74, 6) is 0.180. The van der Waals surface area contributed by atoms with Crippen LogP contribution in [-0.2, 0) is 0 Å². The van der Waals surface area contributed by atoms with Crippen LogP contribution < -0.4 is 5.32 Å². The molecule has 1 aromatic heterocycles. The number of aliphatic hydroxyl groups excluding tert-OH is 1. The van der Waals surface area contributed by atoms with Gasteiger partial charge in [-0.25, -0.2) is 0 Å². The van der Waals surface area contributed by atoms with E-state index < -0.39 is 0 Å². The molecule has 1 saturated carbocycles. The molecule has 15 heavy (non-hydrogen) atoms. The highest BCUT2D eigenvalue weighted by Gasteiger charge is 2.18. The molecule has 2 N–H and O–H groups in total. The molecule has 0 radical (unpaired) electrons. The normalized spacial score (nSPS) is 18.5. The summed E-state index contributed by atoms with van der Waals surface area (Å²) in [5, 5.41) is 12.8. The van der Waals surface area contributed by atoms with Crippen molar-refractivity contribution in [2.24, 2.45) is 0 Å². The van der Waals surface area contributed by atoms with Gasteiger partial charge in [-0.05, 0) is 24.5 Å². The van der Waals surface area contributed by atoms with Crippen molar-refractivity contribution in [3.8, 4) is 0 Å². The van der Waals surface area contributed by atoms with Crippen molar-refractivity contribution in [1.29, 1.82) is 0 Å². The van der Waals surface area contributed by atoms with Gasteiger partial charge in [0.2, 0.25) is 0 Å². The van der Waals surface area contributed by atoms with Crippen LogP contribution in [0.5, 0.6) is 0 Å². The third-order valence-corrected chi connectivity index (χ3v) is 3.13. The van der Waals surface area contributed by atoms with E-state index in [1.807, 2.05) is 18.3 Å². The van der Waals surface area contributed by atoms with Crippen LogP contribution >= 0.6 is 0 Å². The molecule has 0 aliphatic heterocycles. The Balaban J connectivity index is 1.86. The molecule has 1 aliphatic rings. The van der Waals surface area contributed by atoms with E-state index in [0.29, 0.717) is 6.04 Å². The van der Waals surface area contributed by atoms with E-state index in [1.165, 1.54) is 19.3 Å². The Bertz CT molecular complexity index is 285. The molecule has 0 spiro atoms. The topological polar surface area (TPSA) is 45.1 Å². The molecule has 0 amide bonds. The number of hydrogen-bond acceptors (Lipinski definition) is 3. The molecule has 1 fully saturated rings. The van der Waals surface area contributed by atoms with Crippen LogP contribution in [0.25, 0.3) is 0 Å². The summed E-state index contributed by atoms with van der Waals surface area (Å²) in [6, 6.07) is 4.62. The molecule has 1 atom stereocenters. The fourth-order valence-electron chi connectivity index (χ4n) is 1.83.